The quantitative estimate of drug-likeness (QED) is 0.374. The molecule has 9 heteroatoms. The number of benzene rings is 1. The monoisotopic (exact) mass is 621 g/mol. The van der Waals surface area contributed by atoms with Gasteiger partial charge in [-0.15, -0.1) is 0 Å². The molecular formula is C29H34BrCl2N3O3. The van der Waals surface area contributed by atoms with Crippen molar-refractivity contribution >= 4 is 51.1 Å². The molecule has 38 heavy (non-hydrogen) atoms. The van der Waals surface area contributed by atoms with E-state index >= 15 is 0 Å². The molecule has 1 unspecified atom stereocenters. The summed E-state index contributed by atoms with van der Waals surface area (Å²) < 4.78 is 6.41. The number of aromatic nitrogens is 1. The van der Waals surface area contributed by atoms with Gasteiger partial charge in [0.05, 0.1) is 5.69 Å². The number of hydrogen-bond acceptors (Lipinski definition) is 4. The SMILES string of the molecule is CC(C)(C)OC(=O)N1CC(CC(=O)N2CCC(C3c4ncc(Br)cc4CCc4cc(Cl)cc(Cl)c43)CC2)C1. The van der Waals surface area contributed by atoms with Crippen LogP contribution in [0.5, 0.6) is 0 Å². The van der Waals surface area contributed by atoms with Crippen molar-refractivity contribution in [1.82, 2.24) is 14.8 Å². The summed E-state index contributed by atoms with van der Waals surface area (Å²) in [6.07, 6.45) is 5.59. The van der Waals surface area contributed by atoms with E-state index in [2.05, 4.69) is 28.1 Å². The molecule has 5 rings (SSSR count). The molecule has 2 aromatic rings. The Kier molecular flexibility index (Phi) is 8.01. The van der Waals surface area contributed by atoms with Gasteiger partial charge in [0.2, 0.25) is 5.91 Å². The lowest BCUT2D eigenvalue weighted by atomic mass is 9.76. The molecule has 3 aliphatic rings. The van der Waals surface area contributed by atoms with E-state index in [1.165, 1.54) is 11.1 Å². The van der Waals surface area contributed by atoms with Gasteiger partial charge in [0.15, 0.2) is 0 Å². The highest BCUT2D eigenvalue weighted by Crippen LogP contribution is 2.46. The number of likely N-dealkylation sites (tertiary alicyclic amines) is 2. The van der Waals surface area contributed by atoms with Crippen molar-refractivity contribution in [2.24, 2.45) is 11.8 Å². The number of fused-ring (bicyclic) bond motifs is 2. The van der Waals surface area contributed by atoms with E-state index in [1.54, 1.807) is 4.90 Å². The smallest absolute Gasteiger partial charge is 0.410 e. The second kappa shape index (κ2) is 11.0. The van der Waals surface area contributed by atoms with Crippen LogP contribution in [0.4, 0.5) is 4.79 Å². The fourth-order valence-corrected chi connectivity index (χ4v) is 7.09. The van der Waals surface area contributed by atoms with Gasteiger partial charge in [-0.3, -0.25) is 9.78 Å². The Morgan fingerprint density at radius 1 is 1.05 bits per heavy atom. The van der Waals surface area contributed by atoms with E-state index < -0.39 is 5.60 Å². The average Bonchev–Trinajstić information content (AvgIpc) is 2.96. The summed E-state index contributed by atoms with van der Waals surface area (Å²) in [4.78, 5) is 33.9. The fourth-order valence-electron chi connectivity index (χ4n) is 6.06. The Morgan fingerprint density at radius 3 is 2.42 bits per heavy atom. The number of hydrogen-bond donors (Lipinski definition) is 0. The first-order valence-electron chi connectivity index (χ1n) is 13.4. The van der Waals surface area contributed by atoms with Crippen LogP contribution in [-0.2, 0) is 22.4 Å². The van der Waals surface area contributed by atoms with Crippen molar-refractivity contribution < 1.29 is 14.3 Å². The Bertz CT molecular complexity index is 1230. The van der Waals surface area contributed by atoms with Gasteiger partial charge in [-0.05, 0) is 103 Å². The highest BCUT2D eigenvalue weighted by Gasteiger charge is 2.38. The van der Waals surface area contributed by atoms with Crippen LogP contribution in [0.2, 0.25) is 10.0 Å². The van der Waals surface area contributed by atoms with Gasteiger partial charge in [0.25, 0.3) is 0 Å². The molecule has 1 aromatic heterocycles. The molecule has 0 spiro atoms. The molecule has 2 amide bonds. The van der Waals surface area contributed by atoms with Gasteiger partial charge in [-0.2, -0.15) is 0 Å². The van der Waals surface area contributed by atoms with E-state index in [4.69, 9.17) is 32.9 Å². The van der Waals surface area contributed by atoms with Crippen molar-refractivity contribution in [3.8, 4) is 0 Å². The van der Waals surface area contributed by atoms with E-state index in [0.717, 1.165) is 54.5 Å². The van der Waals surface area contributed by atoms with Crippen LogP contribution >= 0.6 is 39.1 Å². The Balaban J connectivity index is 1.25. The van der Waals surface area contributed by atoms with Crippen LogP contribution in [0.3, 0.4) is 0 Å². The predicted molar refractivity (Wildman–Crippen MR) is 153 cm³/mol. The number of rotatable bonds is 3. The summed E-state index contributed by atoms with van der Waals surface area (Å²) >= 11 is 16.8. The van der Waals surface area contributed by atoms with Crippen LogP contribution in [0, 0.1) is 11.8 Å². The third kappa shape index (κ3) is 6.00. The minimum Gasteiger partial charge on any atom is -0.444 e. The van der Waals surface area contributed by atoms with Crippen LogP contribution in [0.25, 0.3) is 0 Å². The number of nitrogens with zero attached hydrogens (tertiary/aromatic N) is 3. The van der Waals surface area contributed by atoms with Gasteiger partial charge in [-0.1, -0.05) is 23.2 Å². The number of pyridine rings is 1. The second-order valence-corrected chi connectivity index (χ2v) is 13.6. The van der Waals surface area contributed by atoms with Gasteiger partial charge >= 0.3 is 6.09 Å². The zero-order chi connectivity index (χ0) is 27.2. The lowest BCUT2D eigenvalue weighted by molar-refractivity contribution is -0.135. The standard InChI is InChI=1S/C29H34BrCl2N3O3/c1-29(2,3)38-28(37)35-15-17(16-35)10-24(36)34-8-6-18(7-9-34)26-25-19(12-22(31)13-23(25)32)4-5-20-11-21(30)14-33-27(20)26/h11-14,17-18,26H,4-10,15-16H2,1-3H3. The van der Waals surface area contributed by atoms with Crippen molar-refractivity contribution in [2.75, 3.05) is 26.2 Å². The number of aryl methyl sites for hydroxylation is 2. The first kappa shape index (κ1) is 27.7. The summed E-state index contributed by atoms with van der Waals surface area (Å²) in [6, 6.07) is 6.07. The molecule has 0 radical (unpaired) electrons. The van der Waals surface area contributed by atoms with E-state index in [9.17, 15) is 9.59 Å². The molecule has 2 saturated heterocycles. The predicted octanol–water partition coefficient (Wildman–Crippen LogP) is 6.88. The molecule has 204 valence electrons. The van der Waals surface area contributed by atoms with Gasteiger partial charge < -0.3 is 14.5 Å². The molecule has 1 aliphatic carbocycles. The summed E-state index contributed by atoms with van der Waals surface area (Å²) in [7, 11) is 0. The van der Waals surface area contributed by atoms with Gasteiger partial charge in [-0.25, -0.2) is 4.79 Å². The molecule has 2 fully saturated rings. The zero-order valence-corrected chi connectivity index (χ0v) is 25.2. The van der Waals surface area contributed by atoms with E-state index in [-0.39, 0.29) is 23.8 Å². The summed E-state index contributed by atoms with van der Waals surface area (Å²) in [5, 5.41) is 1.36. The largest absolute Gasteiger partial charge is 0.444 e. The third-order valence-electron chi connectivity index (χ3n) is 7.85. The fraction of sp³-hybridized carbons (Fsp3) is 0.552. The molecule has 0 bridgehead atoms. The highest BCUT2D eigenvalue weighted by atomic mass is 79.9. The molecule has 2 aliphatic heterocycles. The molecule has 0 N–H and O–H groups in total. The average molecular weight is 623 g/mol. The molecule has 1 aromatic carbocycles. The van der Waals surface area contributed by atoms with E-state index in [0.29, 0.717) is 35.5 Å². The number of carbonyl (C=O) groups is 2. The number of halogens is 3. The Hall–Kier alpha value is -1.83. The molecule has 3 heterocycles. The first-order valence-corrected chi connectivity index (χ1v) is 14.9. The lowest BCUT2D eigenvalue weighted by Crippen LogP contribution is -2.53. The summed E-state index contributed by atoms with van der Waals surface area (Å²) in [5.41, 5.74) is 4.16. The van der Waals surface area contributed by atoms with E-state index in [1.807, 2.05) is 37.9 Å². The summed E-state index contributed by atoms with van der Waals surface area (Å²) in [5.74, 6) is 0.769. The maximum atomic E-state index is 13.1. The van der Waals surface area contributed by atoms with Crippen molar-refractivity contribution in [2.45, 2.75) is 64.4 Å². The number of ether oxygens (including phenoxy) is 1. The number of piperidine rings is 1. The Morgan fingerprint density at radius 2 is 1.74 bits per heavy atom. The molecular weight excluding hydrogens is 589 g/mol. The maximum Gasteiger partial charge on any atom is 0.410 e. The third-order valence-corrected chi connectivity index (χ3v) is 8.82. The number of carbonyl (C=O) groups excluding carboxylic acids is 2. The zero-order valence-electron chi connectivity index (χ0n) is 22.1. The maximum absolute atomic E-state index is 13.1. The van der Waals surface area contributed by atoms with Crippen LogP contribution in [0.1, 0.15) is 68.3 Å². The minimum absolute atomic E-state index is 0.0756. The molecule has 0 saturated carbocycles. The minimum atomic E-state index is -0.511. The number of amides is 2. The topological polar surface area (TPSA) is 62.7 Å². The lowest BCUT2D eigenvalue weighted by Gasteiger charge is -2.41. The van der Waals surface area contributed by atoms with Gasteiger partial charge in [0.1, 0.15) is 5.60 Å². The van der Waals surface area contributed by atoms with Gasteiger partial charge in [0, 0.05) is 65.2 Å². The molecule has 1 atom stereocenters. The van der Waals surface area contributed by atoms with Crippen LogP contribution < -0.4 is 0 Å². The summed E-state index contributed by atoms with van der Waals surface area (Å²) in [6.45, 7) is 8.17. The Labute approximate surface area is 243 Å². The second-order valence-electron chi connectivity index (χ2n) is 11.8. The van der Waals surface area contributed by atoms with Crippen LogP contribution in [-0.4, -0.2) is 58.6 Å². The first-order chi connectivity index (χ1) is 18.0. The van der Waals surface area contributed by atoms with Crippen molar-refractivity contribution in [3.63, 3.8) is 0 Å². The van der Waals surface area contributed by atoms with Crippen LogP contribution in [0.15, 0.2) is 28.9 Å². The normalized spacial score (nSPS) is 20.3. The van der Waals surface area contributed by atoms with Crippen molar-refractivity contribution in [1.29, 1.82) is 0 Å². The highest BCUT2D eigenvalue weighted by molar-refractivity contribution is 9.10. The molecule has 6 nitrogen and oxygen atoms in total. The van der Waals surface area contributed by atoms with Crippen molar-refractivity contribution in [3.05, 3.63) is 61.3 Å².